The first kappa shape index (κ1) is 35.2. The van der Waals surface area contributed by atoms with Gasteiger partial charge in [0.1, 0.15) is 30.5 Å². The minimum absolute atomic E-state index is 0. The molecule has 0 aromatic heterocycles. The van der Waals surface area contributed by atoms with Crippen LogP contribution in [0.1, 0.15) is 73.6 Å². The molecule has 0 aliphatic heterocycles. The van der Waals surface area contributed by atoms with Crippen LogP contribution in [-0.2, 0) is 9.47 Å². The molecular weight excluding hydrogens is 408 g/mol. The van der Waals surface area contributed by atoms with E-state index in [0.29, 0.717) is 26.1 Å². The number of hydrogen-bond donors (Lipinski definition) is 7. The zero-order chi connectivity index (χ0) is 23.5. The van der Waals surface area contributed by atoms with Crippen LogP contribution >= 0.6 is 0 Å². The molecule has 9 heteroatoms. The standard InChI is InChI=1S/C11H24O5.C10H22O4.CH4/c1-3-5-6-16-7-9(13)11(15)10(14)8(12)4-2;1-3-5-6-14-7-9(12)10(13)8(11)4-2;/h8-15H,3-7H2,1-2H3;8-13H,3-7H2,1-2H3;1H4. The maximum atomic E-state index is 9.50. The predicted octanol–water partition coefficient (Wildman–Crippen LogP) is 0.589. The Morgan fingerprint density at radius 3 is 1.19 bits per heavy atom. The summed E-state index contributed by atoms with van der Waals surface area (Å²) in [6.45, 7) is 8.66. The van der Waals surface area contributed by atoms with Crippen LogP contribution in [0.3, 0.4) is 0 Å². The third-order valence-electron chi connectivity index (χ3n) is 4.63. The summed E-state index contributed by atoms with van der Waals surface area (Å²) >= 11 is 0. The van der Waals surface area contributed by atoms with E-state index in [4.69, 9.17) is 9.47 Å². The molecule has 31 heavy (non-hydrogen) atoms. The number of ether oxygens (including phenoxy) is 2. The molecule has 0 aliphatic rings. The lowest BCUT2D eigenvalue weighted by atomic mass is 10.0. The molecule has 0 saturated heterocycles. The molecule has 0 spiro atoms. The van der Waals surface area contributed by atoms with Gasteiger partial charge in [-0.15, -0.1) is 0 Å². The van der Waals surface area contributed by atoms with E-state index in [-0.39, 0.29) is 20.6 Å². The predicted molar refractivity (Wildman–Crippen MR) is 121 cm³/mol. The van der Waals surface area contributed by atoms with E-state index in [1.807, 2.05) is 6.92 Å². The lowest BCUT2D eigenvalue weighted by molar-refractivity contribution is -0.121. The van der Waals surface area contributed by atoms with Gasteiger partial charge in [0.2, 0.25) is 0 Å². The van der Waals surface area contributed by atoms with E-state index in [1.54, 1.807) is 13.8 Å². The highest BCUT2D eigenvalue weighted by molar-refractivity contribution is 4.80. The van der Waals surface area contributed by atoms with Gasteiger partial charge in [-0.2, -0.15) is 0 Å². The summed E-state index contributed by atoms with van der Waals surface area (Å²) in [5.74, 6) is 0. The summed E-state index contributed by atoms with van der Waals surface area (Å²) < 4.78 is 10.2. The van der Waals surface area contributed by atoms with E-state index in [9.17, 15) is 35.7 Å². The van der Waals surface area contributed by atoms with E-state index in [2.05, 4.69) is 6.92 Å². The monoisotopic (exact) mass is 458 g/mol. The summed E-state index contributed by atoms with van der Waals surface area (Å²) in [7, 11) is 0. The SMILES string of the molecule is C.CCCCOCC(O)C(O)C(O)C(O)CC.CCCCOCC(O)C(O)C(O)CC. The van der Waals surface area contributed by atoms with Gasteiger partial charge in [-0.3, -0.25) is 0 Å². The molecule has 9 nitrogen and oxygen atoms in total. The van der Waals surface area contributed by atoms with Crippen LogP contribution in [0.4, 0.5) is 0 Å². The number of unbranched alkanes of at least 4 members (excludes halogenated alkanes) is 2. The van der Waals surface area contributed by atoms with Crippen molar-refractivity contribution in [2.75, 3.05) is 26.4 Å². The molecular formula is C22H50O9. The summed E-state index contributed by atoms with van der Waals surface area (Å²) in [5, 5.41) is 65.7. The average molecular weight is 459 g/mol. The highest BCUT2D eigenvalue weighted by Gasteiger charge is 2.29. The Kier molecular flexibility index (Phi) is 25.9. The zero-order valence-electron chi connectivity index (χ0n) is 19.1. The fourth-order valence-corrected chi connectivity index (χ4v) is 2.29. The second-order valence-corrected chi connectivity index (χ2v) is 7.41. The van der Waals surface area contributed by atoms with Crippen molar-refractivity contribution in [3.63, 3.8) is 0 Å². The van der Waals surface area contributed by atoms with E-state index in [1.165, 1.54) is 0 Å². The minimum atomic E-state index is -1.38. The molecule has 7 unspecified atom stereocenters. The molecule has 0 bridgehead atoms. The van der Waals surface area contributed by atoms with Crippen LogP contribution in [0, 0.1) is 0 Å². The maximum Gasteiger partial charge on any atom is 0.110 e. The second kappa shape index (κ2) is 22.8. The van der Waals surface area contributed by atoms with Crippen LogP contribution in [0.2, 0.25) is 0 Å². The Morgan fingerprint density at radius 1 is 0.516 bits per heavy atom. The average Bonchev–Trinajstić information content (AvgIpc) is 2.76. The number of hydrogen-bond acceptors (Lipinski definition) is 9. The fourth-order valence-electron chi connectivity index (χ4n) is 2.29. The number of rotatable bonds is 17. The van der Waals surface area contributed by atoms with Gasteiger partial charge in [-0.1, -0.05) is 48.0 Å². The molecule has 0 rings (SSSR count). The van der Waals surface area contributed by atoms with Gasteiger partial charge in [0, 0.05) is 13.2 Å². The van der Waals surface area contributed by atoms with Crippen molar-refractivity contribution in [2.24, 2.45) is 0 Å². The maximum absolute atomic E-state index is 9.50. The van der Waals surface area contributed by atoms with Crippen molar-refractivity contribution in [1.29, 1.82) is 0 Å². The number of aliphatic hydroxyl groups is 7. The first-order chi connectivity index (χ1) is 14.2. The van der Waals surface area contributed by atoms with Gasteiger partial charge in [0.25, 0.3) is 0 Å². The van der Waals surface area contributed by atoms with Gasteiger partial charge in [-0.25, -0.2) is 0 Å². The smallest absolute Gasteiger partial charge is 0.110 e. The molecule has 0 saturated carbocycles. The van der Waals surface area contributed by atoms with E-state index >= 15 is 0 Å². The quantitative estimate of drug-likeness (QED) is 0.155. The molecule has 192 valence electrons. The summed E-state index contributed by atoms with van der Waals surface area (Å²) in [4.78, 5) is 0. The van der Waals surface area contributed by atoms with Gasteiger partial charge in [0.05, 0.1) is 25.4 Å². The van der Waals surface area contributed by atoms with Crippen LogP contribution in [-0.4, -0.2) is 105 Å². The molecule has 7 N–H and O–H groups in total. The molecule has 0 heterocycles. The molecule has 0 aromatic rings. The van der Waals surface area contributed by atoms with Crippen molar-refractivity contribution in [3.8, 4) is 0 Å². The molecule has 0 radical (unpaired) electrons. The lowest BCUT2D eigenvalue weighted by Gasteiger charge is -2.25. The molecule has 0 fully saturated rings. The van der Waals surface area contributed by atoms with Crippen molar-refractivity contribution in [3.05, 3.63) is 0 Å². The third kappa shape index (κ3) is 17.8. The van der Waals surface area contributed by atoms with Gasteiger partial charge in [-0.05, 0) is 25.7 Å². The largest absolute Gasteiger partial charge is 0.390 e. The van der Waals surface area contributed by atoms with E-state index in [0.717, 1.165) is 25.7 Å². The molecule has 0 amide bonds. The van der Waals surface area contributed by atoms with Crippen LogP contribution in [0.15, 0.2) is 0 Å². The first-order valence-corrected chi connectivity index (χ1v) is 11.1. The Bertz CT molecular complexity index is 360. The first-order valence-electron chi connectivity index (χ1n) is 11.1. The zero-order valence-corrected chi connectivity index (χ0v) is 19.1. The van der Waals surface area contributed by atoms with Crippen molar-refractivity contribution >= 4 is 0 Å². The van der Waals surface area contributed by atoms with Crippen molar-refractivity contribution < 1.29 is 45.2 Å². The second-order valence-electron chi connectivity index (χ2n) is 7.41. The Balaban J connectivity index is -0.000000494. The minimum Gasteiger partial charge on any atom is -0.390 e. The highest BCUT2D eigenvalue weighted by atomic mass is 16.5. The fraction of sp³-hybridized carbons (Fsp3) is 1.00. The van der Waals surface area contributed by atoms with E-state index < -0.39 is 42.7 Å². The van der Waals surface area contributed by atoms with Crippen molar-refractivity contribution in [2.45, 2.75) is 116 Å². The Hall–Kier alpha value is -0.360. The molecule has 0 aromatic carbocycles. The van der Waals surface area contributed by atoms with Gasteiger partial charge < -0.3 is 45.2 Å². The van der Waals surface area contributed by atoms with Crippen LogP contribution < -0.4 is 0 Å². The normalized spacial score (nSPS) is 17.9. The lowest BCUT2D eigenvalue weighted by Crippen LogP contribution is -2.46. The summed E-state index contributed by atoms with van der Waals surface area (Å²) in [6, 6.07) is 0. The third-order valence-corrected chi connectivity index (χ3v) is 4.63. The topological polar surface area (TPSA) is 160 Å². The molecule has 0 aliphatic carbocycles. The molecule has 7 atom stereocenters. The Labute approximate surface area is 188 Å². The van der Waals surface area contributed by atoms with Crippen LogP contribution in [0.25, 0.3) is 0 Å². The highest BCUT2D eigenvalue weighted by Crippen LogP contribution is 2.08. The summed E-state index contributed by atoms with van der Waals surface area (Å²) in [5.41, 5.74) is 0. The number of aliphatic hydroxyl groups excluding tert-OH is 7. The van der Waals surface area contributed by atoms with Crippen molar-refractivity contribution in [1.82, 2.24) is 0 Å². The Morgan fingerprint density at radius 2 is 0.839 bits per heavy atom. The van der Waals surface area contributed by atoms with Gasteiger partial charge in [0.15, 0.2) is 0 Å². The van der Waals surface area contributed by atoms with Crippen LogP contribution in [0.5, 0.6) is 0 Å². The summed E-state index contributed by atoms with van der Waals surface area (Å²) in [6.07, 6.45) is -3.29. The van der Waals surface area contributed by atoms with Gasteiger partial charge >= 0.3 is 0 Å².